The fraction of sp³-hybridized carbons (Fsp3) is 0.261. The number of nitrogens with zero attached hydrogens (tertiary/aromatic N) is 1. The second-order valence-electron chi connectivity index (χ2n) is 8.10. The third kappa shape index (κ3) is 3.33. The number of fused-ring (bicyclic) bond motifs is 1. The van der Waals surface area contributed by atoms with Crippen LogP contribution in [-0.4, -0.2) is 10.4 Å². The molecule has 4 rings (SSSR count). The van der Waals surface area contributed by atoms with Crippen LogP contribution in [0.25, 0.3) is 16.9 Å². The Morgan fingerprint density at radius 3 is 2.30 bits per heavy atom. The molecule has 0 spiro atoms. The number of benzene rings is 2. The number of ketones is 1. The average Bonchev–Trinajstić information content (AvgIpc) is 2.96. The molecule has 2 nitrogen and oxygen atoms in total. The van der Waals surface area contributed by atoms with E-state index in [0.29, 0.717) is 16.5 Å². The Balaban J connectivity index is 2.04. The number of hydrogen-bond acceptors (Lipinski definition) is 1. The zero-order valence-corrected chi connectivity index (χ0v) is 17.2. The molecular formula is C23H21Cl2NO. The lowest BCUT2D eigenvalue weighted by molar-refractivity contribution is 0.0911. The molecule has 0 amide bonds. The zero-order valence-electron chi connectivity index (χ0n) is 15.6. The van der Waals surface area contributed by atoms with E-state index < -0.39 is 0 Å². The molecule has 1 aliphatic rings. The standard InChI is InChI=1S/C23H21Cl2NO/c1-14-4-7-17(25)10-19(14)26-20(15-5-8-16(24)9-6-15)11-18-21(26)12-23(2,3)13-22(18)27/h4-11H,12-13H2,1-3H3. The van der Waals surface area contributed by atoms with E-state index in [0.717, 1.165) is 40.2 Å². The van der Waals surface area contributed by atoms with Crippen LogP contribution < -0.4 is 0 Å². The first-order chi connectivity index (χ1) is 12.7. The summed E-state index contributed by atoms with van der Waals surface area (Å²) in [7, 11) is 0. The van der Waals surface area contributed by atoms with Crippen LogP contribution in [0.2, 0.25) is 10.0 Å². The molecule has 1 aromatic heterocycles. The van der Waals surface area contributed by atoms with E-state index >= 15 is 0 Å². The fourth-order valence-corrected chi connectivity index (χ4v) is 4.24. The zero-order chi connectivity index (χ0) is 19.3. The highest BCUT2D eigenvalue weighted by Gasteiger charge is 2.35. The number of aryl methyl sites for hydroxylation is 1. The number of carbonyl (C=O) groups excluding carboxylic acids is 1. The van der Waals surface area contributed by atoms with Crippen molar-refractivity contribution in [2.24, 2.45) is 5.41 Å². The van der Waals surface area contributed by atoms with Crippen LogP contribution in [0.4, 0.5) is 0 Å². The third-order valence-electron chi connectivity index (χ3n) is 5.24. The van der Waals surface area contributed by atoms with Crippen LogP contribution in [0.3, 0.4) is 0 Å². The molecule has 4 heteroatoms. The van der Waals surface area contributed by atoms with Gasteiger partial charge in [-0.05, 0) is 60.2 Å². The molecule has 138 valence electrons. The van der Waals surface area contributed by atoms with Gasteiger partial charge in [0.15, 0.2) is 5.78 Å². The van der Waals surface area contributed by atoms with Crippen molar-refractivity contribution in [3.8, 4) is 16.9 Å². The SMILES string of the molecule is Cc1ccc(Cl)cc1-n1c(-c2ccc(Cl)cc2)cc2c1CC(C)(C)CC2=O. The summed E-state index contributed by atoms with van der Waals surface area (Å²) in [5, 5.41) is 1.37. The summed E-state index contributed by atoms with van der Waals surface area (Å²) in [6, 6.07) is 15.7. The first-order valence-corrected chi connectivity index (χ1v) is 9.81. The molecule has 0 unspecified atom stereocenters. The summed E-state index contributed by atoms with van der Waals surface area (Å²) in [6.45, 7) is 6.37. The van der Waals surface area contributed by atoms with Crippen molar-refractivity contribution in [2.75, 3.05) is 0 Å². The molecular weight excluding hydrogens is 377 g/mol. The van der Waals surface area contributed by atoms with Crippen molar-refractivity contribution in [3.63, 3.8) is 0 Å². The van der Waals surface area contributed by atoms with Gasteiger partial charge in [0.05, 0.1) is 11.4 Å². The van der Waals surface area contributed by atoms with Gasteiger partial charge in [-0.25, -0.2) is 0 Å². The van der Waals surface area contributed by atoms with Crippen molar-refractivity contribution >= 4 is 29.0 Å². The first kappa shape index (κ1) is 18.3. The predicted octanol–water partition coefficient (Wildman–Crippen LogP) is 6.91. The first-order valence-electron chi connectivity index (χ1n) is 9.05. The van der Waals surface area contributed by atoms with Gasteiger partial charge in [0.2, 0.25) is 0 Å². The minimum absolute atomic E-state index is 0.0655. The molecule has 0 aliphatic heterocycles. The predicted molar refractivity (Wildman–Crippen MR) is 112 cm³/mol. The Kier molecular flexibility index (Phi) is 4.44. The molecule has 0 bridgehead atoms. The molecule has 3 aromatic rings. The van der Waals surface area contributed by atoms with Crippen molar-refractivity contribution in [3.05, 3.63) is 75.4 Å². The summed E-state index contributed by atoms with van der Waals surface area (Å²) in [4.78, 5) is 12.9. The third-order valence-corrected chi connectivity index (χ3v) is 5.73. The maximum absolute atomic E-state index is 12.9. The van der Waals surface area contributed by atoms with Crippen molar-refractivity contribution in [2.45, 2.75) is 33.6 Å². The van der Waals surface area contributed by atoms with Gasteiger partial charge >= 0.3 is 0 Å². The molecule has 0 radical (unpaired) electrons. The van der Waals surface area contributed by atoms with Crippen molar-refractivity contribution in [1.82, 2.24) is 4.57 Å². The Bertz CT molecular complexity index is 1040. The molecule has 0 N–H and O–H groups in total. The van der Waals surface area contributed by atoms with Gasteiger partial charge in [-0.1, -0.05) is 55.2 Å². The lowest BCUT2D eigenvalue weighted by Crippen LogP contribution is -2.27. The van der Waals surface area contributed by atoms with Gasteiger partial charge in [0, 0.05) is 27.7 Å². The molecule has 0 atom stereocenters. The van der Waals surface area contributed by atoms with Gasteiger partial charge in [-0.15, -0.1) is 0 Å². The highest BCUT2D eigenvalue weighted by atomic mass is 35.5. The number of rotatable bonds is 2. The van der Waals surface area contributed by atoms with E-state index in [1.165, 1.54) is 0 Å². The van der Waals surface area contributed by atoms with Crippen LogP contribution in [0.1, 0.15) is 41.9 Å². The highest BCUT2D eigenvalue weighted by Crippen LogP contribution is 2.41. The summed E-state index contributed by atoms with van der Waals surface area (Å²) in [5.74, 6) is 0.204. The van der Waals surface area contributed by atoms with Gasteiger partial charge in [0.1, 0.15) is 0 Å². The number of halogens is 2. The van der Waals surface area contributed by atoms with Gasteiger partial charge < -0.3 is 4.57 Å². The van der Waals surface area contributed by atoms with E-state index in [1.54, 1.807) is 0 Å². The van der Waals surface area contributed by atoms with Gasteiger partial charge in [0.25, 0.3) is 0 Å². The van der Waals surface area contributed by atoms with Crippen LogP contribution in [0.15, 0.2) is 48.5 Å². The van der Waals surface area contributed by atoms with Crippen molar-refractivity contribution in [1.29, 1.82) is 0 Å². The smallest absolute Gasteiger partial charge is 0.165 e. The van der Waals surface area contributed by atoms with Gasteiger partial charge in [-0.3, -0.25) is 4.79 Å². The Labute approximate surface area is 169 Å². The number of aromatic nitrogens is 1. The van der Waals surface area contributed by atoms with Crippen LogP contribution in [0.5, 0.6) is 0 Å². The minimum Gasteiger partial charge on any atom is -0.313 e. The fourth-order valence-electron chi connectivity index (χ4n) is 3.94. The summed E-state index contributed by atoms with van der Waals surface area (Å²) in [5.41, 5.74) is 5.96. The van der Waals surface area contributed by atoms with E-state index in [2.05, 4.69) is 25.3 Å². The number of hydrogen-bond donors (Lipinski definition) is 0. The highest BCUT2D eigenvalue weighted by molar-refractivity contribution is 6.31. The summed E-state index contributed by atoms with van der Waals surface area (Å²) < 4.78 is 2.21. The van der Waals surface area contributed by atoms with E-state index in [9.17, 15) is 4.79 Å². The molecule has 2 aromatic carbocycles. The quantitative estimate of drug-likeness (QED) is 0.460. The van der Waals surface area contributed by atoms with Crippen LogP contribution in [-0.2, 0) is 6.42 Å². The van der Waals surface area contributed by atoms with Crippen LogP contribution >= 0.6 is 23.2 Å². The van der Waals surface area contributed by atoms with Gasteiger partial charge in [-0.2, -0.15) is 0 Å². The lowest BCUT2D eigenvalue weighted by Gasteiger charge is -2.30. The largest absolute Gasteiger partial charge is 0.313 e. The Morgan fingerprint density at radius 1 is 0.926 bits per heavy atom. The second-order valence-corrected chi connectivity index (χ2v) is 8.98. The lowest BCUT2D eigenvalue weighted by atomic mass is 9.76. The summed E-state index contributed by atoms with van der Waals surface area (Å²) in [6.07, 6.45) is 1.41. The van der Waals surface area contributed by atoms with E-state index in [-0.39, 0.29) is 11.2 Å². The van der Waals surface area contributed by atoms with E-state index in [4.69, 9.17) is 23.2 Å². The van der Waals surface area contributed by atoms with E-state index in [1.807, 2.05) is 48.5 Å². The maximum Gasteiger partial charge on any atom is 0.165 e. The average molecular weight is 398 g/mol. The molecule has 1 aliphatic carbocycles. The Hall–Kier alpha value is -2.03. The maximum atomic E-state index is 12.9. The molecule has 0 saturated heterocycles. The van der Waals surface area contributed by atoms with Crippen molar-refractivity contribution < 1.29 is 4.79 Å². The topological polar surface area (TPSA) is 22.0 Å². The monoisotopic (exact) mass is 397 g/mol. The summed E-state index contributed by atoms with van der Waals surface area (Å²) >= 11 is 12.4. The minimum atomic E-state index is -0.0655. The second kappa shape index (κ2) is 6.54. The molecule has 0 saturated carbocycles. The normalized spacial score (nSPS) is 15.7. The van der Waals surface area contributed by atoms with Crippen LogP contribution in [0, 0.1) is 12.3 Å². The number of Topliss-reactive ketones (excluding diaryl/α,β-unsaturated/α-hetero) is 1. The number of carbonyl (C=O) groups is 1. The molecule has 27 heavy (non-hydrogen) atoms. The molecule has 1 heterocycles. The Morgan fingerprint density at radius 2 is 1.59 bits per heavy atom. The molecule has 0 fully saturated rings.